The van der Waals surface area contributed by atoms with E-state index >= 15 is 0 Å². The van der Waals surface area contributed by atoms with Crippen molar-refractivity contribution in [3.8, 4) is 0 Å². The molecule has 0 bridgehead atoms. The van der Waals surface area contributed by atoms with Crippen molar-refractivity contribution >= 4 is 29.8 Å². The zero-order valence-corrected chi connectivity index (χ0v) is 18.0. The zero-order valence-electron chi connectivity index (χ0n) is 18.0. The largest absolute Gasteiger partial charge is 0.478 e. The summed E-state index contributed by atoms with van der Waals surface area (Å²) in [5.41, 5.74) is -0.950. The molecule has 0 aromatic rings. The number of aliphatic hydroxyl groups is 2. The van der Waals surface area contributed by atoms with Crippen molar-refractivity contribution in [2.24, 2.45) is 11.3 Å². The Labute approximate surface area is 181 Å². The zero-order chi connectivity index (χ0) is 23.6. The van der Waals surface area contributed by atoms with Crippen LogP contribution in [0.3, 0.4) is 0 Å². The number of aliphatic carboxylic acids is 1. The number of Topliss-reactive ketones (excluding diaryl/α,β-unsaturated/α-hetero) is 2. The number of carbonyl (C=O) groups excluding carboxylic acids is 4. The van der Waals surface area contributed by atoms with Crippen LogP contribution in [0.15, 0.2) is 11.6 Å². The van der Waals surface area contributed by atoms with Gasteiger partial charge in [-0.15, -0.1) is 0 Å². The van der Waals surface area contributed by atoms with Gasteiger partial charge < -0.3 is 24.9 Å². The number of rotatable bonds is 9. The van der Waals surface area contributed by atoms with Gasteiger partial charge >= 0.3 is 11.9 Å². The number of aliphatic hydroxyl groups excluding tert-OH is 2. The van der Waals surface area contributed by atoms with Gasteiger partial charge in [0.05, 0.1) is 25.6 Å². The molecule has 31 heavy (non-hydrogen) atoms. The molecule has 0 heterocycles. The van der Waals surface area contributed by atoms with Crippen LogP contribution in [0.1, 0.15) is 65.2 Å². The molecule has 9 nitrogen and oxygen atoms in total. The van der Waals surface area contributed by atoms with Crippen LogP contribution >= 0.6 is 0 Å². The number of hydrogen-bond acceptors (Lipinski definition) is 8. The molecular weight excluding hydrogens is 408 g/mol. The van der Waals surface area contributed by atoms with E-state index in [0.29, 0.717) is 24.7 Å². The molecule has 4 unspecified atom stereocenters. The van der Waals surface area contributed by atoms with Crippen LogP contribution in [-0.2, 0) is 28.7 Å². The summed E-state index contributed by atoms with van der Waals surface area (Å²) < 4.78 is 5.13. The SMILES string of the molecule is CC(=CC(=O)O)CC(=O)OCCC1C(=O)C(O)CCC(O)CCCC1(C)C(=O)CC=O. The van der Waals surface area contributed by atoms with Crippen LogP contribution in [0.5, 0.6) is 0 Å². The quantitative estimate of drug-likeness (QED) is 0.209. The number of carboxylic acid groups (broad SMARTS) is 1. The first-order valence-corrected chi connectivity index (χ1v) is 10.4. The standard InChI is InChI=1S/C22H32O9/c1-14(12-19(27)28)13-20(29)31-11-8-16-21(30)17(25)6-5-15(24)4-3-9-22(16,2)18(26)7-10-23/h10,12,15-17,24-25H,3-9,11,13H2,1-2H3,(H,27,28). The third-order valence-corrected chi connectivity index (χ3v) is 5.82. The van der Waals surface area contributed by atoms with Crippen molar-refractivity contribution in [3.63, 3.8) is 0 Å². The molecule has 9 heteroatoms. The van der Waals surface area contributed by atoms with Crippen LogP contribution in [0.25, 0.3) is 0 Å². The van der Waals surface area contributed by atoms with Crippen LogP contribution in [0.2, 0.25) is 0 Å². The van der Waals surface area contributed by atoms with Crippen LogP contribution in [0.4, 0.5) is 0 Å². The van der Waals surface area contributed by atoms with E-state index in [-0.39, 0.29) is 45.1 Å². The van der Waals surface area contributed by atoms with Gasteiger partial charge in [-0.25, -0.2) is 4.79 Å². The van der Waals surface area contributed by atoms with Gasteiger partial charge in [-0.2, -0.15) is 0 Å². The molecule has 0 saturated heterocycles. The fourth-order valence-corrected chi connectivity index (χ4v) is 4.00. The molecule has 0 spiro atoms. The Morgan fingerprint density at radius 1 is 1.19 bits per heavy atom. The van der Waals surface area contributed by atoms with Crippen LogP contribution in [0, 0.1) is 11.3 Å². The van der Waals surface area contributed by atoms with E-state index in [1.165, 1.54) is 6.92 Å². The van der Waals surface area contributed by atoms with Crippen molar-refractivity contribution in [2.75, 3.05) is 6.61 Å². The number of carbonyl (C=O) groups is 5. The molecule has 1 fully saturated rings. The maximum Gasteiger partial charge on any atom is 0.328 e. The third kappa shape index (κ3) is 8.34. The Balaban J connectivity index is 2.99. The lowest BCUT2D eigenvalue weighted by molar-refractivity contribution is -0.149. The summed E-state index contributed by atoms with van der Waals surface area (Å²) in [5.74, 6) is -3.83. The van der Waals surface area contributed by atoms with Crippen LogP contribution in [-0.4, -0.2) is 63.9 Å². The Bertz CT molecular complexity index is 712. The molecule has 0 aromatic carbocycles. The molecule has 1 saturated carbocycles. The molecule has 0 aromatic heterocycles. The molecule has 0 radical (unpaired) electrons. The summed E-state index contributed by atoms with van der Waals surface area (Å²) >= 11 is 0. The van der Waals surface area contributed by atoms with Gasteiger partial charge in [0, 0.05) is 17.4 Å². The normalized spacial score (nSPS) is 27.9. The lowest BCUT2D eigenvalue weighted by atomic mass is 9.65. The van der Waals surface area contributed by atoms with E-state index in [2.05, 4.69) is 0 Å². The fraction of sp³-hybridized carbons (Fsp3) is 0.682. The van der Waals surface area contributed by atoms with Gasteiger partial charge in [0.15, 0.2) is 5.78 Å². The van der Waals surface area contributed by atoms with E-state index in [0.717, 1.165) is 6.08 Å². The first-order chi connectivity index (χ1) is 14.5. The van der Waals surface area contributed by atoms with Crippen molar-refractivity contribution in [1.82, 2.24) is 0 Å². The molecule has 4 atom stereocenters. The summed E-state index contributed by atoms with van der Waals surface area (Å²) in [4.78, 5) is 59.3. The summed E-state index contributed by atoms with van der Waals surface area (Å²) in [6.45, 7) is 2.85. The lowest BCUT2D eigenvalue weighted by Crippen LogP contribution is -2.45. The molecule has 0 amide bonds. The predicted octanol–water partition coefficient (Wildman–Crippen LogP) is 1.38. The molecule has 1 aliphatic rings. The van der Waals surface area contributed by atoms with Crippen molar-refractivity contribution < 1.29 is 44.0 Å². The summed E-state index contributed by atoms with van der Waals surface area (Å²) in [6, 6.07) is 0. The monoisotopic (exact) mass is 440 g/mol. The van der Waals surface area contributed by atoms with E-state index < -0.39 is 47.0 Å². The number of carboxylic acids is 1. The first kappa shape index (κ1) is 26.6. The minimum atomic E-state index is -1.38. The van der Waals surface area contributed by atoms with Gasteiger partial charge in [-0.1, -0.05) is 12.5 Å². The second-order valence-electron chi connectivity index (χ2n) is 8.32. The molecule has 3 N–H and O–H groups in total. The van der Waals surface area contributed by atoms with Gasteiger partial charge in [0.2, 0.25) is 0 Å². The maximum absolute atomic E-state index is 13.0. The third-order valence-electron chi connectivity index (χ3n) is 5.82. The Kier molecular flexibility index (Phi) is 10.7. The average Bonchev–Trinajstić information content (AvgIpc) is 2.67. The van der Waals surface area contributed by atoms with Crippen molar-refractivity contribution in [2.45, 2.75) is 77.4 Å². The first-order valence-electron chi connectivity index (χ1n) is 10.4. The van der Waals surface area contributed by atoms with Gasteiger partial charge in [-0.3, -0.25) is 14.4 Å². The molecule has 1 aliphatic carbocycles. The fourth-order valence-electron chi connectivity index (χ4n) is 4.00. The Hall–Kier alpha value is -2.39. The predicted molar refractivity (Wildman–Crippen MR) is 109 cm³/mol. The van der Waals surface area contributed by atoms with E-state index in [1.807, 2.05) is 0 Å². The van der Waals surface area contributed by atoms with Crippen LogP contribution < -0.4 is 0 Å². The van der Waals surface area contributed by atoms with Gasteiger partial charge in [0.25, 0.3) is 0 Å². The molecule has 1 rings (SSSR count). The Morgan fingerprint density at radius 2 is 1.87 bits per heavy atom. The van der Waals surface area contributed by atoms with Gasteiger partial charge in [-0.05, 0) is 45.4 Å². The lowest BCUT2D eigenvalue weighted by Gasteiger charge is -2.37. The number of ether oxygens (including phenoxy) is 1. The van der Waals surface area contributed by atoms with Gasteiger partial charge in [0.1, 0.15) is 18.2 Å². The highest BCUT2D eigenvalue weighted by Crippen LogP contribution is 2.40. The number of ketones is 2. The highest BCUT2D eigenvalue weighted by Gasteiger charge is 2.45. The topological polar surface area (TPSA) is 155 Å². The van der Waals surface area contributed by atoms with E-state index in [9.17, 15) is 34.2 Å². The highest BCUT2D eigenvalue weighted by molar-refractivity contribution is 5.98. The molecule has 0 aliphatic heterocycles. The number of hydrogen-bond donors (Lipinski definition) is 3. The van der Waals surface area contributed by atoms with E-state index in [1.54, 1.807) is 6.92 Å². The minimum absolute atomic E-state index is 0.0209. The second-order valence-corrected chi connectivity index (χ2v) is 8.32. The smallest absolute Gasteiger partial charge is 0.328 e. The highest BCUT2D eigenvalue weighted by atomic mass is 16.5. The van der Waals surface area contributed by atoms with Crippen molar-refractivity contribution in [1.29, 1.82) is 0 Å². The maximum atomic E-state index is 13.0. The summed E-state index contributed by atoms with van der Waals surface area (Å²) in [6.07, 6.45) is 0.0819. The number of esters is 1. The molecule has 174 valence electrons. The number of aldehydes is 1. The summed E-state index contributed by atoms with van der Waals surface area (Å²) in [5, 5.41) is 29.0. The van der Waals surface area contributed by atoms with E-state index in [4.69, 9.17) is 9.84 Å². The molecular formula is C22H32O9. The second kappa shape index (κ2) is 12.5. The van der Waals surface area contributed by atoms with Crippen molar-refractivity contribution in [3.05, 3.63) is 11.6 Å². The summed E-state index contributed by atoms with van der Waals surface area (Å²) in [7, 11) is 0. The average molecular weight is 440 g/mol. The Morgan fingerprint density at radius 3 is 2.48 bits per heavy atom. The minimum Gasteiger partial charge on any atom is -0.478 e.